The summed E-state index contributed by atoms with van der Waals surface area (Å²) in [6.45, 7) is 6.30. The second-order valence-electron chi connectivity index (χ2n) is 9.77. The van der Waals surface area contributed by atoms with E-state index in [1.54, 1.807) is 18.2 Å². The molecule has 5 nitrogen and oxygen atoms in total. The van der Waals surface area contributed by atoms with Crippen molar-refractivity contribution in [2.24, 2.45) is 0 Å². The molecule has 2 saturated heterocycles. The van der Waals surface area contributed by atoms with E-state index in [2.05, 4.69) is 15.1 Å². The smallest absolute Gasteiger partial charge is 0.416 e. The van der Waals surface area contributed by atoms with Crippen molar-refractivity contribution in [1.82, 2.24) is 15.1 Å². The zero-order valence-electron chi connectivity index (χ0n) is 20.9. The highest BCUT2D eigenvalue weighted by Crippen LogP contribution is 2.32. The molecular formula is C28H36F3N3O2. The molecule has 2 aromatic carbocycles. The van der Waals surface area contributed by atoms with Gasteiger partial charge in [0.1, 0.15) is 5.75 Å². The number of methoxy groups -OCH3 is 1. The summed E-state index contributed by atoms with van der Waals surface area (Å²) in [6.07, 6.45) is 3.01. The molecule has 2 fully saturated rings. The van der Waals surface area contributed by atoms with E-state index < -0.39 is 11.7 Å². The zero-order valence-corrected chi connectivity index (χ0v) is 20.9. The number of nitrogens with one attached hydrogen (secondary N) is 1. The van der Waals surface area contributed by atoms with Gasteiger partial charge in [-0.15, -0.1) is 0 Å². The number of hydrogen-bond acceptors (Lipinski definition) is 4. The van der Waals surface area contributed by atoms with E-state index in [4.69, 9.17) is 4.74 Å². The van der Waals surface area contributed by atoms with Crippen molar-refractivity contribution in [1.29, 1.82) is 0 Å². The fraction of sp³-hybridized carbons (Fsp3) is 0.536. The summed E-state index contributed by atoms with van der Waals surface area (Å²) in [5.41, 5.74) is 1.03. The van der Waals surface area contributed by atoms with Crippen LogP contribution in [0.25, 0.3) is 11.1 Å². The number of carbonyl (C=O) groups is 1. The Bertz CT molecular complexity index is 996. The monoisotopic (exact) mass is 503 g/mol. The number of ether oxygens (including phenoxy) is 1. The lowest BCUT2D eigenvalue weighted by atomic mass is 10.00. The molecule has 2 aliphatic rings. The van der Waals surface area contributed by atoms with Gasteiger partial charge in [-0.05, 0) is 100 Å². The Morgan fingerprint density at radius 3 is 2.28 bits per heavy atom. The van der Waals surface area contributed by atoms with E-state index in [0.29, 0.717) is 29.0 Å². The normalized spacial score (nSPS) is 18.2. The van der Waals surface area contributed by atoms with Crippen LogP contribution in [-0.4, -0.2) is 68.1 Å². The van der Waals surface area contributed by atoms with E-state index in [-0.39, 0.29) is 5.91 Å². The van der Waals surface area contributed by atoms with Crippen LogP contribution < -0.4 is 10.1 Å². The van der Waals surface area contributed by atoms with Gasteiger partial charge in [0.2, 0.25) is 0 Å². The second kappa shape index (κ2) is 12.1. The van der Waals surface area contributed by atoms with Crippen molar-refractivity contribution in [2.45, 2.75) is 50.7 Å². The maximum Gasteiger partial charge on any atom is 0.416 e. The Hall–Kier alpha value is -2.58. The largest absolute Gasteiger partial charge is 0.496 e. The Kier molecular flexibility index (Phi) is 8.90. The molecule has 2 heterocycles. The molecule has 8 heteroatoms. The summed E-state index contributed by atoms with van der Waals surface area (Å²) in [5.74, 6) is 0.180. The number of amides is 1. The van der Waals surface area contributed by atoms with E-state index in [1.807, 2.05) is 0 Å². The van der Waals surface area contributed by atoms with Crippen molar-refractivity contribution in [3.63, 3.8) is 0 Å². The van der Waals surface area contributed by atoms with Crippen molar-refractivity contribution in [2.75, 3.05) is 46.4 Å². The summed E-state index contributed by atoms with van der Waals surface area (Å²) < 4.78 is 43.9. The summed E-state index contributed by atoms with van der Waals surface area (Å²) in [7, 11) is 1.48. The summed E-state index contributed by atoms with van der Waals surface area (Å²) in [4.78, 5) is 17.9. The molecule has 2 aliphatic heterocycles. The number of carbonyl (C=O) groups excluding carboxylic acids is 1. The molecule has 1 amide bonds. The van der Waals surface area contributed by atoms with Crippen LogP contribution in [0.5, 0.6) is 5.75 Å². The number of likely N-dealkylation sites (tertiary alicyclic amines) is 2. The minimum atomic E-state index is -4.37. The second-order valence-corrected chi connectivity index (χ2v) is 9.77. The maximum atomic E-state index is 12.8. The Labute approximate surface area is 211 Å². The van der Waals surface area contributed by atoms with Crippen LogP contribution in [0.2, 0.25) is 0 Å². The van der Waals surface area contributed by atoms with Gasteiger partial charge in [0.15, 0.2) is 0 Å². The van der Waals surface area contributed by atoms with Crippen molar-refractivity contribution in [3.8, 4) is 16.9 Å². The SMILES string of the molecule is COc1cc(-c2ccc(C(F)(F)F)cc2)ccc1C(=O)NCCCN1CCC(N2CCCCC2)CC1. The molecule has 0 atom stereocenters. The maximum absolute atomic E-state index is 12.8. The average Bonchev–Trinajstić information content (AvgIpc) is 2.91. The van der Waals surface area contributed by atoms with Gasteiger partial charge in [0.05, 0.1) is 18.2 Å². The third-order valence-corrected chi connectivity index (χ3v) is 7.39. The number of alkyl halides is 3. The van der Waals surface area contributed by atoms with E-state index >= 15 is 0 Å². The molecule has 36 heavy (non-hydrogen) atoms. The molecule has 0 bridgehead atoms. The molecule has 1 N–H and O–H groups in total. The van der Waals surface area contributed by atoms with Crippen LogP contribution >= 0.6 is 0 Å². The minimum Gasteiger partial charge on any atom is -0.496 e. The van der Waals surface area contributed by atoms with Crippen molar-refractivity contribution < 1.29 is 22.7 Å². The number of nitrogens with zero attached hydrogens (tertiary/aromatic N) is 2. The number of rotatable bonds is 8. The predicted octanol–water partition coefficient (Wildman–Crippen LogP) is 5.45. The Morgan fingerprint density at radius 2 is 1.64 bits per heavy atom. The number of halogens is 3. The van der Waals surface area contributed by atoms with Crippen LogP contribution in [0.1, 0.15) is 54.4 Å². The highest BCUT2D eigenvalue weighted by atomic mass is 19.4. The lowest BCUT2D eigenvalue weighted by molar-refractivity contribution is -0.137. The van der Waals surface area contributed by atoms with Gasteiger partial charge in [-0.3, -0.25) is 4.79 Å². The summed E-state index contributed by atoms with van der Waals surface area (Å²) >= 11 is 0. The first kappa shape index (κ1) is 26.5. The molecule has 0 aromatic heterocycles. The lowest BCUT2D eigenvalue weighted by Crippen LogP contribution is -2.47. The third-order valence-electron chi connectivity index (χ3n) is 7.39. The van der Waals surface area contributed by atoms with Crippen molar-refractivity contribution >= 4 is 5.91 Å². The van der Waals surface area contributed by atoms with Gasteiger partial charge >= 0.3 is 6.18 Å². The van der Waals surface area contributed by atoms with E-state index in [0.717, 1.165) is 44.2 Å². The summed E-state index contributed by atoms with van der Waals surface area (Å²) in [6, 6.07) is 10.8. The van der Waals surface area contributed by atoms with Gasteiger partial charge in [0, 0.05) is 12.6 Å². The zero-order chi connectivity index (χ0) is 25.5. The first-order valence-corrected chi connectivity index (χ1v) is 13.0. The molecule has 0 radical (unpaired) electrons. The van der Waals surface area contributed by atoms with Gasteiger partial charge in [0.25, 0.3) is 5.91 Å². The quantitative estimate of drug-likeness (QED) is 0.487. The first-order chi connectivity index (χ1) is 17.3. The standard InChI is InChI=1S/C28H36F3N3O2/c1-36-26-20-22(21-6-9-23(10-7-21)28(29,30)31)8-11-25(26)27(35)32-14-5-15-33-18-12-24(13-19-33)34-16-3-2-4-17-34/h6-11,20,24H,2-5,12-19H2,1H3,(H,32,35). The van der Waals surface area contributed by atoms with Gasteiger partial charge in [-0.25, -0.2) is 0 Å². The summed E-state index contributed by atoms with van der Waals surface area (Å²) in [5, 5.41) is 2.98. The van der Waals surface area contributed by atoms with Gasteiger partial charge < -0.3 is 19.9 Å². The molecular weight excluding hydrogens is 467 g/mol. The van der Waals surface area contributed by atoms with Crippen LogP contribution in [0.4, 0.5) is 13.2 Å². The van der Waals surface area contributed by atoms with Crippen LogP contribution in [-0.2, 0) is 6.18 Å². The average molecular weight is 504 g/mol. The van der Waals surface area contributed by atoms with Crippen LogP contribution in [0.15, 0.2) is 42.5 Å². The molecule has 0 unspecified atom stereocenters. The van der Waals surface area contributed by atoms with E-state index in [9.17, 15) is 18.0 Å². The number of hydrogen-bond donors (Lipinski definition) is 1. The Morgan fingerprint density at radius 1 is 0.972 bits per heavy atom. The molecule has 2 aromatic rings. The topological polar surface area (TPSA) is 44.8 Å². The van der Waals surface area contributed by atoms with Crippen molar-refractivity contribution in [3.05, 3.63) is 53.6 Å². The first-order valence-electron chi connectivity index (χ1n) is 13.0. The fourth-order valence-electron chi connectivity index (χ4n) is 5.30. The minimum absolute atomic E-state index is 0.213. The molecule has 4 rings (SSSR count). The molecule has 196 valence electrons. The highest BCUT2D eigenvalue weighted by Gasteiger charge is 2.30. The predicted molar refractivity (Wildman–Crippen MR) is 135 cm³/mol. The fourth-order valence-corrected chi connectivity index (χ4v) is 5.30. The highest BCUT2D eigenvalue weighted by molar-refractivity contribution is 5.97. The van der Waals surface area contributed by atoms with Gasteiger partial charge in [-0.2, -0.15) is 13.2 Å². The number of piperidine rings is 2. The molecule has 0 saturated carbocycles. The molecule has 0 aliphatic carbocycles. The number of benzene rings is 2. The van der Waals surface area contributed by atoms with Gasteiger partial charge in [-0.1, -0.05) is 24.6 Å². The van der Waals surface area contributed by atoms with Crippen LogP contribution in [0, 0.1) is 0 Å². The lowest BCUT2D eigenvalue weighted by Gasteiger charge is -2.40. The Balaban J connectivity index is 1.24. The van der Waals surface area contributed by atoms with Crippen LogP contribution in [0.3, 0.4) is 0 Å². The molecule has 0 spiro atoms. The third kappa shape index (κ3) is 6.79. The van der Waals surface area contributed by atoms with E-state index in [1.165, 1.54) is 64.4 Å².